The van der Waals surface area contributed by atoms with Crippen LogP contribution in [0.1, 0.15) is 36.7 Å². The molecule has 3 aromatic rings. The first-order valence-corrected chi connectivity index (χ1v) is 11.6. The van der Waals surface area contributed by atoms with E-state index >= 15 is 0 Å². The quantitative estimate of drug-likeness (QED) is 0.514. The Kier molecular flexibility index (Phi) is 8.50. The van der Waals surface area contributed by atoms with E-state index in [0.29, 0.717) is 48.7 Å². The minimum absolute atomic E-state index is 0. The van der Waals surface area contributed by atoms with Gasteiger partial charge in [0.05, 0.1) is 17.5 Å². The number of aromatic nitrogens is 3. The lowest BCUT2D eigenvalue weighted by molar-refractivity contribution is -0.131. The van der Waals surface area contributed by atoms with Crippen LogP contribution in [0, 0.1) is 17.2 Å². The standard InChI is InChI=1S/C25H29N7O3.ClH/c1-16-8-11-31(22(33)7-10-26)15-20(16)30(2)23-19-9-12-32(25(34)35)24(19)29-21(28-23)13-17-3-5-18(14-27)6-4-17;/h3-6,9,12,16,20H,7-8,11,13-15,27H2,1-2H3,(H,34,35);1H/t16-,20+;/m1./s1. The number of hydrogen-bond donors (Lipinski definition) is 2. The molecule has 3 heterocycles. The van der Waals surface area contributed by atoms with Gasteiger partial charge in [-0.15, -0.1) is 12.4 Å². The van der Waals surface area contributed by atoms with Crippen LogP contribution in [0.2, 0.25) is 0 Å². The van der Waals surface area contributed by atoms with Crippen LogP contribution in [0.15, 0.2) is 36.5 Å². The van der Waals surface area contributed by atoms with E-state index in [4.69, 9.17) is 16.0 Å². The van der Waals surface area contributed by atoms with Crippen molar-refractivity contribution in [1.29, 1.82) is 5.26 Å². The maximum absolute atomic E-state index is 12.4. The summed E-state index contributed by atoms with van der Waals surface area (Å²) >= 11 is 0. The van der Waals surface area contributed by atoms with Crippen molar-refractivity contribution in [2.75, 3.05) is 25.0 Å². The second-order valence-electron chi connectivity index (χ2n) is 8.99. The van der Waals surface area contributed by atoms with Crippen molar-refractivity contribution in [3.05, 3.63) is 53.5 Å². The number of carboxylic acid groups (broad SMARTS) is 1. The third-order valence-electron chi connectivity index (χ3n) is 6.73. The highest BCUT2D eigenvalue weighted by Gasteiger charge is 2.33. The molecular formula is C25H30ClN7O3. The summed E-state index contributed by atoms with van der Waals surface area (Å²) in [5.41, 5.74) is 8.03. The van der Waals surface area contributed by atoms with Crippen molar-refractivity contribution in [1.82, 2.24) is 19.4 Å². The van der Waals surface area contributed by atoms with E-state index in [1.165, 1.54) is 6.20 Å². The number of amides is 1. The molecule has 0 bridgehead atoms. The molecule has 1 amide bonds. The van der Waals surface area contributed by atoms with E-state index in [1.807, 2.05) is 42.3 Å². The Balaban J connectivity index is 0.00000361. The lowest BCUT2D eigenvalue weighted by Crippen LogP contribution is -2.52. The summed E-state index contributed by atoms with van der Waals surface area (Å²) in [6, 6.07) is 11.4. The first-order chi connectivity index (χ1) is 16.8. The van der Waals surface area contributed by atoms with Gasteiger partial charge >= 0.3 is 6.09 Å². The number of nitrogens with zero attached hydrogens (tertiary/aromatic N) is 6. The fourth-order valence-electron chi connectivity index (χ4n) is 4.64. The predicted molar refractivity (Wildman–Crippen MR) is 138 cm³/mol. The number of likely N-dealkylation sites (tertiary alicyclic amines) is 1. The van der Waals surface area contributed by atoms with Crippen LogP contribution in [0.25, 0.3) is 11.0 Å². The van der Waals surface area contributed by atoms with Crippen molar-refractivity contribution in [3.63, 3.8) is 0 Å². The zero-order valence-corrected chi connectivity index (χ0v) is 21.1. The fraction of sp³-hybridized carbons (Fsp3) is 0.400. The van der Waals surface area contributed by atoms with Crippen molar-refractivity contribution in [3.8, 4) is 6.07 Å². The lowest BCUT2D eigenvalue weighted by atomic mass is 9.92. The van der Waals surface area contributed by atoms with Crippen molar-refractivity contribution in [2.24, 2.45) is 11.7 Å². The highest BCUT2D eigenvalue weighted by molar-refractivity contribution is 5.93. The van der Waals surface area contributed by atoms with Crippen molar-refractivity contribution >= 4 is 41.3 Å². The van der Waals surface area contributed by atoms with E-state index in [-0.39, 0.29) is 36.7 Å². The molecule has 1 aromatic carbocycles. The average molecular weight is 512 g/mol. The normalized spacial score (nSPS) is 17.3. The summed E-state index contributed by atoms with van der Waals surface area (Å²) in [5, 5.41) is 19.3. The number of anilines is 1. The van der Waals surface area contributed by atoms with Gasteiger partial charge in [0.25, 0.3) is 0 Å². The molecule has 1 fully saturated rings. The molecule has 0 saturated carbocycles. The average Bonchev–Trinajstić information content (AvgIpc) is 3.28. The van der Waals surface area contributed by atoms with E-state index in [1.54, 1.807) is 11.0 Å². The minimum atomic E-state index is -1.12. The molecule has 3 N–H and O–H groups in total. The van der Waals surface area contributed by atoms with Gasteiger partial charge in [0.15, 0.2) is 5.65 Å². The van der Waals surface area contributed by atoms with E-state index < -0.39 is 6.09 Å². The molecule has 11 heteroatoms. The number of carbonyl (C=O) groups excluding carboxylic acids is 1. The van der Waals surface area contributed by atoms with Crippen LogP contribution < -0.4 is 10.6 Å². The second kappa shape index (κ2) is 11.4. The molecule has 4 rings (SSSR count). The summed E-state index contributed by atoms with van der Waals surface area (Å²) < 4.78 is 1.10. The minimum Gasteiger partial charge on any atom is -0.464 e. The summed E-state index contributed by atoms with van der Waals surface area (Å²) in [6.07, 6.45) is 1.45. The summed E-state index contributed by atoms with van der Waals surface area (Å²) in [4.78, 5) is 37.4. The van der Waals surface area contributed by atoms with Gasteiger partial charge in [0.1, 0.15) is 18.1 Å². The molecule has 36 heavy (non-hydrogen) atoms. The molecule has 1 aliphatic rings. The highest BCUT2D eigenvalue weighted by Crippen LogP contribution is 2.31. The molecule has 10 nitrogen and oxygen atoms in total. The Bertz CT molecular complexity index is 1290. The van der Waals surface area contributed by atoms with Gasteiger partial charge in [-0.05, 0) is 29.5 Å². The number of halogens is 1. The highest BCUT2D eigenvalue weighted by atomic mass is 35.5. The van der Waals surface area contributed by atoms with E-state index in [2.05, 4.69) is 11.9 Å². The Labute approximate surface area is 215 Å². The second-order valence-corrected chi connectivity index (χ2v) is 8.99. The molecule has 1 saturated heterocycles. The van der Waals surface area contributed by atoms with Crippen molar-refractivity contribution < 1.29 is 14.7 Å². The maximum Gasteiger partial charge on any atom is 0.417 e. The molecule has 190 valence electrons. The molecule has 0 aliphatic carbocycles. The van der Waals surface area contributed by atoms with Gasteiger partial charge in [-0.1, -0.05) is 31.2 Å². The summed E-state index contributed by atoms with van der Waals surface area (Å²) in [5.74, 6) is 1.21. The topological polar surface area (TPSA) is 141 Å². The predicted octanol–water partition coefficient (Wildman–Crippen LogP) is 3.02. The molecule has 0 spiro atoms. The zero-order chi connectivity index (χ0) is 25.1. The first kappa shape index (κ1) is 26.9. The number of piperidine rings is 1. The van der Waals surface area contributed by atoms with E-state index in [0.717, 1.165) is 22.1 Å². The first-order valence-electron chi connectivity index (χ1n) is 11.6. The SMILES string of the molecule is C[C@@H]1CCN(C(=O)CC#N)C[C@@H]1N(C)c1nc(Cc2ccc(CN)cc2)nc2c1ccn2C(=O)O.Cl. The molecule has 2 atom stereocenters. The third kappa shape index (κ3) is 5.42. The fourth-order valence-corrected chi connectivity index (χ4v) is 4.64. The van der Waals surface area contributed by atoms with Gasteiger partial charge < -0.3 is 20.6 Å². The van der Waals surface area contributed by atoms with Crippen LogP contribution in [-0.2, 0) is 17.8 Å². The van der Waals surface area contributed by atoms with Crippen LogP contribution in [0.3, 0.4) is 0 Å². The number of nitriles is 1. The zero-order valence-electron chi connectivity index (χ0n) is 20.3. The molecule has 2 aromatic heterocycles. The van der Waals surface area contributed by atoms with Gasteiger partial charge in [-0.2, -0.15) is 5.26 Å². The Morgan fingerprint density at radius 3 is 2.56 bits per heavy atom. The van der Waals surface area contributed by atoms with Gasteiger partial charge in [0.2, 0.25) is 5.91 Å². The number of likely N-dealkylation sites (N-methyl/N-ethyl adjacent to an activating group) is 1. The van der Waals surface area contributed by atoms with Crippen LogP contribution in [0.5, 0.6) is 0 Å². The van der Waals surface area contributed by atoms with E-state index in [9.17, 15) is 14.7 Å². The Hall–Kier alpha value is -3.68. The maximum atomic E-state index is 12.4. The lowest BCUT2D eigenvalue weighted by Gasteiger charge is -2.42. The molecular weight excluding hydrogens is 482 g/mol. The third-order valence-corrected chi connectivity index (χ3v) is 6.73. The number of fused-ring (bicyclic) bond motifs is 1. The van der Waals surface area contributed by atoms with Crippen LogP contribution >= 0.6 is 12.4 Å². The van der Waals surface area contributed by atoms with Gasteiger partial charge in [0, 0.05) is 39.3 Å². The molecule has 1 aliphatic heterocycles. The van der Waals surface area contributed by atoms with Gasteiger partial charge in [-0.25, -0.2) is 19.3 Å². The number of rotatable bonds is 6. The number of benzene rings is 1. The number of hydrogen-bond acceptors (Lipinski definition) is 7. The largest absolute Gasteiger partial charge is 0.464 e. The monoisotopic (exact) mass is 511 g/mol. The summed E-state index contributed by atoms with van der Waals surface area (Å²) in [7, 11) is 1.92. The number of carbonyl (C=O) groups is 2. The van der Waals surface area contributed by atoms with Crippen molar-refractivity contribution in [2.45, 2.75) is 38.8 Å². The van der Waals surface area contributed by atoms with Crippen LogP contribution in [-0.4, -0.2) is 62.7 Å². The Morgan fingerprint density at radius 1 is 1.22 bits per heavy atom. The smallest absolute Gasteiger partial charge is 0.417 e. The molecule has 0 unspecified atom stereocenters. The molecule has 0 radical (unpaired) electrons. The van der Waals surface area contributed by atoms with Crippen LogP contribution in [0.4, 0.5) is 10.6 Å². The Morgan fingerprint density at radius 2 is 1.92 bits per heavy atom. The summed E-state index contributed by atoms with van der Waals surface area (Å²) in [6.45, 7) is 3.68. The number of nitrogens with two attached hydrogens (primary N) is 1. The van der Waals surface area contributed by atoms with Gasteiger partial charge in [-0.3, -0.25) is 4.79 Å².